The summed E-state index contributed by atoms with van der Waals surface area (Å²) in [5, 5.41) is 0. The van der Waals surface area contributed by atoms with E-state index in [1.54, 1.807) is 0 Å². The van der Waals surface area contributed by atoms with Crippen LogP contribution >= 0.6 is 0 Å². The van der Waals surface area contributed by atoms with Crippen LogP contribution in [-0.4, -0.2) is 38.7 Å². The number of nitrogens with zero attached hydrogens (tertiary/aromatic N) is 5. The highest BCUT2D eigenvalue weighted by Gasteiger charge is 2.34. The standard InChI is InChI=1S/C21H15F6N5O2S/c1-3-35(33,34)15-6-12(11-4-5-28-16(7-11)20(22,23)24)9-30-18(15)19-31-13-8-17(21(25,26)27)29-10-14(13)32(19)2/h4-10H,3H2,1-2H3. The van der Waals surface area contributed by atoms with Crippen LogP contribution in [0.25, 0.3) is 33.7 Å². The minimum atomic E-state index is -4.71. The summed E-state index contributed by atoms with van der Waals surface area (Å²) in [4.78, 5) is 14.7. The number of halogens is 6. The number of pyridine rings is 3. The van der Waals surface area contributed by atoms with Crippen molar-refractivity contribution < 1.29 is 34.8 Å². The third-order valence-corrected chi connectivity index (χ3v) is 6.96. The van der Waals surface area contributed by atoms with Crippen LogP contribution in [0.2, 0.25) is 0 Å². The van der Waals surface area contributed by atoms with Gasteiger partial charge in [0, 0.05) is 25.0 Å². The number of rotatable bonds is 4. The highest BCUT2D eigenvalue weighted by molar-refractivity contribution is 7.91. The van der Waals surface area contributed by atoms with Crippen LogP contribution < -0.4 is 0 Å². The van der Waals surface area contributed by atoms with Gasteiger partial charge >= 0.3 is 12.4 Å². The molecule has 0 saturated carbocycles. The summed E-state index contributed by atoms with van der Waals surface area (Å²) in [6.07, 6.45) is -6.35. The zero-order valence-corrected chi connectivity index (χ0v) is 18.8. The summed E-state index contributed by atoms with van der Waals surface area (Å²) in [5.41, 5.74) is -2.27. The van der Waals surface area contributed by atoms with E-state index in [1.165, 1.54) is 24.6 Å². The molecule has 4 aromatic heterocycles. The zero-order valence-electron chi connectivity index (χ0n) is 18.0. The van der Waals surface area contributed by atoms with Gasteiger partial charge in [-0.1, -0.05) is 6.92 Å². The predicted octanol–water partition coefficient (Wildman–Crippen LogP) is 4.92. The van der Waals surface area contributed by atoms with Gasteiger partial charge in [0.1, 0.15) is 17.1 Å². The summed E-state index contributed by atoms with van der Waals surface area (Å²) in [7, 11) is -2.53. The Hall–Kier alpha value is -3.55. The van der Waals surface area contributed by atoms with E-state index >= 15 is 0 Å². The van der Waals surface area contributed by atoms with Crippen molar-refractivity contribution in [1.29, 1.82) is 0 Å². The van der Waals surface area contributed by atoms with Crippen LogP contribution in [0.15, 0.2) is 47.8 Å². The Labute approximate surface area is 194 Å². The van der Waals surface area contributed by atoms with Crippen molar-refractivity contribution in [2.45, 2.75) is 24.2 Å². The molecular weight excluding hydrogens is 500 g/mol. The van der Waals surface area contributed by atoms with Crippen molar-refractivity contribution in [2.75, 3.05) is 5.75 Å². The van der Waals surface area contributed by atoms with Crippen LogP contribution in [0.1, 0.15) is 18.3 Å². The van der Waals surface area contributed by atoms with Crippen LogP contribution in [0.5, 0.6) is 0 Å². The molecule has 4 rings (SSSR count). The van der Waals surface area contributed by atoms with E-state index in [-0.39, 0.29) is 44.3 Å². The fourth-order valence-electron chi connectivity index (χ4n) is 3.38. The molecule has 0 aliphatic rings. The Balaban J connectivity index is 1.92. The van der Waals surface area contributed by atoms with E-state index in [0.29, 0.717) is 0 Å². The van der Waals surface area contributed by atoms with Gasteiger partial charge < -0.3 is 4.57 Å². The topological polar surface area (TPSA) is 90.6 Å². The van der Waals surface area contributed by atoms with Gasteiger partial charge in [-0.05, 0) is 29.8 Å². The van der Waals surface area contributed by atoms with E-state index in [0.717, 1.165) is 36.8 Å². The largest absolute Gasteiger partial charge is 0.433 e. The minimum Gasteiger partial charge on any atom is -0.324 e. The number of hydrogen-bond donors (Lipinski definition) is 0. The molecule has 0 aliphatic carbocycles. The van der Waals surface area contributed by atoms with E-state index in [4.69, 9.17) is 0 Å². The molecule has 0 atom stereocenters. The number of hydrogen-bond acceptors (Lipinski definition) is 6. The molecule has 0 unspecified atom stereocenters. The predicted molar refractivity (Wildman–Crippen MR) is 113 cm³/mol. The second-order valence-electron chi connectivity index (χ2n) is 7.45. The normalized spacial score (nSPS) is 12.9. The molecule has 184 valence electrons. The molecule has 0 fully saturated rings. The van der Waals surface area contributed by atoms with Gasteiger partial charge in [-0.3, -0.25) is 9.97 Å². The van der Waals surface area contributed by atoms with Gasteiger partial charge in [-0.2, -0.15) is 26.3 Å². The van der Waals surface area contributed by atoms with Gasteiger partial charge in [0.15, 0.2) is 15.7 Å². The quantitative estimate of drug-likeness (QED) is 0.359. The maximum atomic E-state index is 13.1. The third-order valence-electron chi connectivity index (χ3n) is 5.22. The van der Waals surface area contributed by atoms with Crippen molar-refractivity contribution >= 4 is 20.9 Å². The fraction of sp³-hybridized carbons (Fsp3) is 0.238. The number of aryl methyl sites for hydroxylation is 1. The first-order valence-electron chi connectivity index (χ1n) is 9.89. The van der Waals surface area contributed by atoms with Crippen LogP contribution in [0, 0.1) is 0 Å². The summed E-state index contributed by atoms with van der Waals surface area (Å²) >= 11 is 0. The lowest BCUT2D eigenvalue weighted by Crippen LogP contribution is -2.10. The first kappa shape index (κ1) is 24.6. The van der Waals surface area contributed by atoms with Crippen LogP contribution in [0.3, 0.4) is 0 Å². The molecule has 4 heterocycles. The lowest BCUT2D eigenvalue weighted by atomic mass is 10.1. The maximum absolute atomic E-state index is 13.1. The minimum absolute atomic E-state index is 0.0305. The van der Waals surface area contributed by atoms with Gasteiger partial charge in [0.05, 0.1) is 27.9 Å². The molecule has 35 heavy (non-hydrogen) atoms. The van der Waals surface area contributed by atoms with Gasteiger partial charge in [-0.25, -0.2) is 18.4 Å². The van der Waals surface area contributed by atoms with E-state index < -0.39 is 33.6 Å². The number of fused-ring (bicyclic) bond motifs is 1. The first-order chi connectivity index (χ1) is 16.2. The molecule has 0 bridgehead atoms. The highest BCUT2D eigenvalue weighted by atomic mass is 32.2. The molecule has 14 heteroatoms. The average molecular weight is 515 g/mol. The van der Waals surface area contributed by atoms with Crippen molar-refractivity contribution in [3.05, 3.63) is 54.2 Å². The molecule has 0 N–H and O–H groups in total. The first-order valence-corrected chi connectivity index (χ1v) is 11.5. The molecule has 0 aliphatic heterocycles. The van der Waals surface area contributed by atoms with Gasteiger partial charge in [-0.15, -0.1) is 0 Å². The Morgan fingerprint density at radius 2 is 1.54 bits per heavy atom. The monoisotopic (exact) mass is 515 g/mol. The second kappa shape index (κ2) is 8.29. The fourth-order valence-corrected chi connectivity index (χ4v) is 4.44. The summed E-state index contributed by atoms with van der Waals surface area (Å²) in [6.45, 7) is 1.37. The number of imidazole rings is 1. The summed E-state index contributed by atoms with van der Waals surface area (Å²) in [5.74, 6) is -0.413. The Morgan fingerprint density at radius 3 is 2.17 bits per heavy atom. The van der Waals surface area contributed by atoms with E-state index in [9.17, 15) is 34.8 Å². The Kier molecular flexibility index (Phi) is 5.82. The molecule has 0 saturated heterocycles. The van der Waals surface area contributed by atoms with Gasteiger partial charge in [0.2, 0.25) is 0 Å². The molecule has 0 spiro atoms. The SMILES string of the molecule is CCS(=O)(=O)c1cc(-c2ccnc(C(F)(F)F)c2)cnc1-c1nc2cc(C(F)(F)F)ncc2n1C. The van der Waals surface area contributed by atoms with E-state index in [2.05, 4.69) is 19.9 Å². The molecule has 0 amide bonds. The smallest absolute Gasteiger partial charge is 0.324 e. The molecule has 0 radical (unpaired) electrons. The second-order valence-corrected chi connectivity index (χ2v) is 9.70. The number of alkyl halides is 6. The number of sulfone groups is 1. The zero-order chi connectivity index (χ0) is 25.8. The van der Waals surface area contributed by atoms with Gasteiger partial charge in [0.25, 0.3) is 0 Å². The maximum Gasteiger partial charge on any atom is 0.433 e. The molecule has 7 nitrogen and oxygen atoms in total. The van der Waals surface area contributed by atoms with Crippen molar-refractivity contribution in [3.63, 3.8) is 0 Å². The lowest BCUT2D eigenvalue weighted by Gasteiger charge is -2.12. The highest BCUT2D eigenvalue weighted by Crippen LogP contribution is 2.35. The van der Waals surface area contributed by atoms with E-state index in [1.807, 2.05) is 0 Å². The van der Waals surface area contributed by atoms with Crippen LogP contribution in [-0.2, 0) is 29.2 Å². The van der Waals surface area contributed by atoms with Crippen molar-refractivity contribution in [1.82, 2.24) is 24.5 Å². The van der Waals surface area contributed by atoms with Crippen molar-refractivity contribution in [3.8, 4) is 22.6 Å². The number of aromatic nitrogens is 5. The summed E-state index contributed by atoms with van der Waals surface area (Å²) < 4.78 is 106. The Morgan fingerprint density at radius 1 is 0.886 bits per heavy atom. The third kappa shape index (κ3) is 4.57. The molecule has 4 aromatic rings. The van der Waals surface area contributed by atoms with Crippen molar-refractivity contribution in [2.24, 2.45) is 7.05 Å². The average Bonchev–Trinajstić information content (AvgIpc) is 3.13. The summed E-state index contributed by atoms with van der Waals surface area (Å²) in [6, 6.07) is 3.93. The molecular formula is C21H15F6N5O2S. The van der Waals surface area contributed by atoms with Crippen LogP contribution in [0.4, 0.5) is 26.3 Å². The molecule has 0 aromatic carbocycles. The lowest BCUT2D eigenvalue weighted by molar-refractivity contribution is -0.141. The Bertz CT molecular complexity index is 1540.